The van der Waals surface area contributed by atoms with Gasteiger partial charge in [0.1, 0.15) is 10.6 Å². The molecule has 0 aliphatic rings. The van der Waals surface area contributed by atoms with Crippen LogP contribution in [0.3, 0.4) is 0 Å². The Bertz CT molecular complexity index is 1370. The number of ether oxygens (including phenoxy) is 1. The van der Waals surface area contributed by atoms with Crippen molar-refractivity contribution in [2.45, 2.75) is 45.3 Å². The lowest BCUT2D eigenvalue weighted by atomic mass is 10.0. The number of carbonyl (C=O) groups is 2. The van der Waals surface area contributed by atoms with Gasteiger partial charge in [0.05, 0.1) is 12.9 Å². The monoisotopic (exact) mass is 540 g/mol. The third kappa shape index (κ3) is 5.25. The average molecular weight is 541 g/mol. The topological polar surface area (TPSA) is 86.1 Å². The number of esters is 1. The zero-order chi connectivity index (χ0) is 25.8. The summed E-state index contributed by atoms with van der Waals surface area (Å²) in [6.07, 6.45) is 0.925. The van der Waals surface area contributed by atoms with Crippen molar-refractivity contribution in [1.29, 1.82) is 0 Å². The summed E-state index contributed by atoms with van der Waals surface area (Å²) in [6.45, 7) is 8.44. The highest BCUT2D eigenvalue weighted by atomic mass is 32.2. The number of methoxy groups -OCH3 is 1. The Balaban J connectivity index is 1.54. The molecule has 10 heteroatoms. The fraction of sp³-hybridized carbons (Fsp3) is 0.308. The summed E-state index contributed by atoms with van der Waals surface area (Å²) in [5, 5.41) is 16.9. The second kappa shape index (κ2) is 11.4. The van der Waals surface area contributed by atoms with E-state index in [1.54, 1.807) is 11.3 Å². The SMILES string of the molecule is CCc1c(-c2nnc(SCC(=O)Nc3scc(-c4ccccc4)c3C(=O)OC)n2C(C)C)csc1C. The lowest BCUT2D eigenvalue weighted by molar-refractivity contribution is -0.113. The number of rotatable bonds is 9. The van der Waals surface area contributed by atoms with Crippen LogP contribution in [0.5, 0.6) is 0 Å². The van der Waals surface area contributed by atoms with Gasteiger partial charge < -0.3 is 10.1 Å². The number of nitrogens with one attached hydrogen (secondary N) is 1. The summed E-state index contributed by atoms with van der Waals surface area (Å²) in [5.74, 6) is 0.243. The van der Waals surface area contributed by atoms with Gasteiger partial charge in [0, 0.05) is 32.8 Å². The maximum atomic E-state index is 12.9. The standard InChI is InChI=1S/C26H28N4O3S3/c1-6-18-16(4)34-13-20(18)23-28-29-26(30(23)15(2)3)36-14-21(31)27-24-22(25(32)33-5)19(12-35-24)17-10-8-7-9-11-17/h7-13,15H,6,14H2,1-5H3,(H,27,31). The number of anilines is 1. The highest BCUT2D eigenvalue weighted by Crippen LogP contribution is 2.37. The number of amides is 1. The molecule has 0 aliphatic heterocycles. The Kier molecular flexibility index (Phi) is 8.28. The molecule has 0 bridgehead atoms. The normalized spacial score (nSPS) is 11.2. The van der Waals surface area contributed by atoms with Crippen molar-refractivity contribution >= 4 is 51.3 Å². The fourth-order valence-electron chi connectivity index (χ4n) is 4.01. The molecule has 36 heavy (non-hydrogen) atoms. The van der Waals surface area contributed by atoms with Crippen molar-refractivity contribution in [3.63, 3.8) is 0 Å². The van der Waals surface area contributed by atoms with Gasteiger partial charge in [-0.3, -0.25) is 9.36 Å². The van der Waals surface area contributed by atoms with Gasteiger partial charge in [-0.15, -0.1) is 32.9 Å². The first kappa shape index (κ1) is 26.1. The van der Waals surface area contributed by atoms with Gasteiger partial charge in [-0.2, -0.15) is 0 Å². The van der Waals surface area contributed by atoms with E-state index < -0.39 is 5.97 Å². The number of aromatic nitrogens is 3. The zero-order valence-electron chi connectivity index (χ0n) is 20.8. The molecule has 1 N–H and O–H groups in total. The first-order valence-corrected chi connectivity index (χ1v) is 14.3. The van der Waals surface area contributed by atoms with E-state index in [1.807, 2.05) is 35.7 Å². The van der Waals surface area contributed by atoms with Crippen LogP contribution in [0.1, 0.15) is 47.6 Å². The van der Waals surface area contributed by atoms with Crippen LogP contribution in [0.4, 0.5) is 5.00 Å². The molecule has 0 unspecified atom stereocenters. The Morgan fingerprint density at radius 1 is 1.11 bits per heavy atom. The number of aryl methyl sites for hydroxylation is 1. The molecule has 0 atom stereocenters. The number of benzene rings is 1. The number of nitrogens with zero attached hydrogens (tertiary/aromatic N) is 3. The first-order valence-electron chi connectivity index (χ1n) is 11.6. The van der Waals surface area contributed by atoms with E-state index in [4.69, 9.17) is 4.74 Å². The average Bonchev–Trinajstić information content (AvgIpc) is 3.59. The molecule has 3 aromatic heterocycles. The second-order valence-electron chi connectivity index (χ2n) is 8.36. The van der Waals surface area contributed by atoms with Gasteiger partial charge in [0.15, 0.2) is 11.0 Å². The molecule has 1 aromatic carbocycles. The molecular weight excluding hydrogens is 513 g/mol. The molecule has 0 saturated heterocycles. The van der Waals surface area contributed by atoms with E-state index in [-0.39, 0.29) is 17.7 Å². The third-order valence-corrected chi connectivity index (χ3v) is 8.52. The number of carbonyl (C=O) groups excluding carboxylic acids is 2. The maximum absolute atomic E-state index is 12.9. The molecule has 188 valence electrons. The number of thiophene rings is 2. The van der Waals surface area contributed by atoms with Crippen molar-refractivity contribution in [1.82, 2.24) is 14.8 Å². The lowest BCUT2D eigenvalue weighted by Crippen LogP contribution is -2.16. The second-order valence-corrected chi connectivity index (χ2v) is 11.3. The molecule has 0 radical (unpaired) electrons. The van der Waals surface area contributed by atoms with E-state index in [0.717, 1.165) is 28.9 Å². The van der Waals surface area contributed by atoms with Crippen molar-refractivity contribution in [2.75, 3.05) is 18.2 Å². The minimum absolute atomic E-state index is 0.127. The number of thioether (sulfide) groups is 1. The molecule has 0 saturated carbocycles. The van der Waals surface area contributed by atoms with Crippen molar-refractivity contribution in [2.24, 2.45) is 0 Å². The van der Waals surface area contributed by atoms with Gasteiger partial charge >= 0.3 is 5.97 Å². The van der Waals surface area contributed by atoms with Crippen LogP contribution in [0, 0.1) is 6.92 Å². The number of hydrogen-bond donors (Lipinski definition) is 1. The van der Waals surface area contributed by atoms with Crippen LogP contribution < -0.4 is 5.32 Å². The number of hydrogen-bond acceptors (Lipinski definition) is 8. The highest BCUT2D eigenvalue weighted by Gasteiger charge is 2.24. The summed E-state index contributed by atoms with van der Waals surface area (Å²) in [4.78, 5) is 26.8. The minimum Gasteiger partial charge on any atom is -0.465 e. The highest BCUT2D eigenvalue weighted by molar-refractivity contribution is 7.99. The van der Waals surface area contributed by atoms with Crippen LogP contribution >= 0.6 is 34.4 Å². The fourth-order valence-corrected chi connectivity index (χ4v) is 6.79. The van der Waals surface area contributed by atoms with Gasteiger partial charge in [0.2, 0.25) is 5.91 Å². The van der Waals surface area contributed by atoms with E-state index >= 15 is 0 Å². The maximum Gasteiger partial charge on any atom is 0.341 e. The smallest absolute Gasteiger partial charge is 0.341 e. The summed E-state index contributed by atoms with van der Waals surface area (Å²) < 4.78 is 7.09. The Hall–Kier alpha value is -2.95. The molecule has 7 nitrogen and oxygen atoms in total. The Labute approximate surface area is 222 Å². The van der Waals surface area contributed by atoms with Crippen molar-refractivity contribution < 1.29 is 14.3 Å². The first-order chi connectivity index (χ1) is 17.3. The van der Waals surface area contributed by atoms with Crippen LogP contribution in [-0.4, -0.2) is 39.5 Å². The predicted molar refractivity (Wildman–Crippen MR) is 148 cm³/mol. The van der Waals surface area contributed by atoms with E-state index in [0.29, 0.717) is 15.7 Å². The Morgan fingerprint density at radius 2 is 1.83 bits per heavy atom. The Morgan fingerprint density at radius 3 is 2.50 bits per heavy atom. The van der Waals surface area contributed by atoms with E-state index in [9.17, 15) is 9.59 Å². The third-order valence-electron chi connectivity index (χ3n) is 5.73. The van der Waals surface area contributed by atoms with Crippen LogP contribution in [0.15, 0.2) is 46.2 Å². The summed E-state index contributed by atoms with van der Waals surface area (Å²) in [7, 11) is 1.34. The lowest BCUT2D eigenvalue weighted by Gasteiger charge is -2.14. The minimum atomic E-state index is -0.486. The van der Waals surface area contributed by atoms with E-state index in [2.05, 4.69) is 53.2 Å². The molecule has 0 spiro atoms. The molecule has 4 aromatic rings. The van der Waals surface area contributed by atoms with Crippen LogP contribution in [0.2, 0.25) is 0 Å². The summed E-state index contributed by atoms with van der Waals surface area (Å²) in [5.41, 5.74) is 4.37. The van der Waals surface area contributed by atoms with Crippen molar-refractivity contribution in [3.05, 3.63) is 57.1 Å². The van der Waals surface area contributed by atoms with Crippen LogP contribution in [0.25, 0.3) is 22.5 Å². The van der Waals surface area contributed by atoms with Gasteiger partial charge in [-0.1, -0.05) is 49.0 Å². The van der Waals surface area contributed by atoms with Gasteiger partial charge in [-0.25, -0.2) is 4.79 Å². The molecule has 0 fully saturated rings. The summed E-state index contributed by atoms with van der Waals surface area (Å²) >= 11 is 4.35. The zero-order valence-corrected chi connectivity index (χ0v) is 23.3. The van der Waals surface area contributed by atoms with Gasteiger partial charge in [0.25, 0.3) is 0 Å². The molecule has 3 heterocycles. The molecule has 0 aliphatic carbocycles. The van der Waals surface area contributed by atoms with Gasteiger partial charge in [-0.05, 0) is 38.3 Å². The van der Waals surface area contributed by atoms with E-state index in [1.165, 1.54) is 40.6 Å². The molecular formula is C26H28N4O3S3. The van der Waals surface area contributed by atoms with Crippen LogP contribution in [-0.2, 0) is 16.0 Å². The quantitative estimate of drug-likeness (QED) is 0.188. The molecule has 4 rings (SSSR count). The largest absolute Gasteiger partial charge is 0.465 e. The summed E-state index contributed by atoms with van der Waals surface area (Å²) in [6, 6.07) is 9.70. The molecule has 1 amide bonds. The predicted octanol–water partition coefficient (Wildman–Crippen LogP) is 6.70. The van der Waals surface area contributed by atoms with Crippen molar-refractivity contribution in [3.8, 4) is 22.5 Å².